The Kier molecular flexibility index (Phi) is 6.93. The summed E-state index contributed by atoms with van der Waals surface area (Å²) in [5.74, 6) is 0.0631. The number of rotatable bonds is 5. The molecule has 0 aromatic carbocycles. The quantitative estimate of drug-likeness (QED) is 0.388. The Morgan fingerprint density at radius 3 is 2.52 bits per heavy atom. The molecular formula is C18H25N2O6Pb. The molecule has 2 bridgehead atoms. The summed E-state index contributed by atoms with van der Waals surface area (Å²) in [7, 11) is 2.99. The molecule has 3 radical (unpaired) electrons. The second-order valence-electron chi connectivity index (χ2n) is 6.62. The molecule has 1 aliphatic carbocycles. The van der Waals surface area contributed by atoms with Gasteiger partial charge in [0.15, 0.2) is 0 Å². The van der Waals surface area contributed by atoms with E-state index in [9.17, 15) is 14.4 Å². The number of ether oxygens (including phenoxy) is 3. The standard InChI is InChI=1S/C16H19N2O6.C2H6.Pb/c1-17-5-4-11(6-12(17)19)24-10-15-7-16(8-15,13(20)22-2)18(9-15)14(21)23-3;1-2;/h4-6H,3,7-10H2,1-2H3;1-2H3;. The number of carbonyl (C=O) groups excluding carboxylic acids is 2. The van der Waals surface area contributed by atoms with Gasteiger partial charge in [-0.1, -0.05) is 13.8 Å². The zero-order chi connectivity index (χ0) is 20.2. The number of hydrogen-bond acceptors (Lipinski definition) is 6. The van der Waals surface area contributed by atoms with E-state index >= 15 is 0 Å². The van der Waals surface area contributed by atoms with Gasteiger partial charge in [0.1, 0.15) is 0 Å². The number of aryl methyl sites for hydroxylation is 1. The van der Waals surface area contributed by atoms with E-state index < -0.39 is 17.6 Å². The van der Waals surface area contributed by atoms with Crippen LogP contribution in [-0.4, -0.2) is 77.3 Å². The van der Waals surface area contributed by atoms with Gasteiger partial charge in [-0.25, -0.2) is 0 Å². The van der Waals surface area contributed by atoms with Crippen LogP contribution in [0.25, 0.3) is 0 Å². The van der Waals surface area contributed by atoms with Crippen LogP contribution >= 0.6 is 0 Å². The Morgan fingerprint density at radius 1 is 1.30 bits per heavy atom. The summed E-state index contributed by atoms with van der Waals surface area (Å²) in [4.78, 5) is 37.6. The topological polar surface area (TPSA) is 87.1 Å². The molecule has 0 unspecified atom stereocenters. The molecule has 2 saturated heterocycles. The average molecular weight is 573 g/mol. The van der Waals surface area contributed by atoms with E-state index in [4.69, 9.17) is 14.2 Å². The number of nitrogens with zero attached hydrogens (tertiary/aromatic N) is 2. The van der Waals surface area contributed by atoms with Gasteiger partial charge in [0.05, 0.1) is 0 Å². The Hall–Kier alpha value is -1.59. The van der Waals surface area contributed by atoms with Gasteiger partial charge in [0, 0.05) is 7.05 Å². The molecule has 9 heteroatoms. The number of carbonyl (C=O) groups is 2. The first-order chi connectivity index (χ1) is 12.9. The van der Waals surface area contributed by atoms with Gasteiger partial charge in [-0.05, 0) is 0 Å². The molecule has 3 fully saturated rings. The van der Waals surface area contributed by atoms with E-state index in [2.05, 4.69) is 0 Å². The summed E-state index contributed by atoms with van der Waals surface area (Å²) in [5, 5.41) is 0. The Bertz CT molecular complexity index is 756. The first-order valence-corrected chi connectivity index (χ1v) is 11.6. The van der Waals surface area contributed by atoms with E-state index in [1.807, 2.05) is 13.8 Å². The Morgan fingerprint density at radius 2 is 1.96 bits per heavy atom. The first-order valence-electron chi connectivity index (χ1n) is 8.83. The molecule has 2 aliphatic heterocycles. The fraction of sp³-hybridized carbons (Fsp3) is 0.611. The normalized spacial score (nSPS) is 25.0. The van der Waals surface area contributed by atoms with Gasteiger partial charge in [-0.15, -0.1) is 0 Å². The number of methoxy groups -OCH3 is 1. The van der Waals surface area contributed by atoms with Crippen molar-refractivity contribution in [2.24, 2.45) is 12.5 Å². The van der Waals surface area contributed by atoms with Crippen molar-refractivity contribution < 1.29 is 23.8 Å². The van der Waals surface area contributed by atoms with E-state index in [-0.39, 0.29) is 11.0 Å². The molecule has 1 amide bonds. The van der Waals surface area contributed by atoms with Crippen LogP contribution in [0.4, 0.5) is 4.79 Å². The van der Waals surface area contributed by atoms with Crippen molar-refractivity contribution >= 4 is 37.8 Å². The maximum atomic E-state index is 12.2. The molecule has 0 N–H and O–H groups in total. The maximum absolute atomic E-state index is 12.2. The monoisotopic (exact) mass is 573 g/mol. The molecule has 1 saturated carbocycles. The van der Waals surface area contributed by atoms with Crippen LogP contribution in [0.15, 0.2) is 23.1 Å². The van der Waals surface area contributed by atoms with E-state index in [0.717, 1.165) is 25.8 Å². The molecule has 1 aromatic rings. The van der Waals surface area contributed by atoms with Crippen LogP contribution in [0.5, 0.6) is 5.75 Å². The predicted molar refractivity (Wildman–Crippen MR) is 98.7 cm³/mol. The number of aromatic nitrogens is 1. The summed E-state index contributed by atoms with van der Waals surface area (Å²) < 4.78 is 17.7. The number of hydrogen-bond donors (Lipinski definition) is 0. The molecule has 4 rings (SSSR count). The molecule has 0 atom stereocenters. The van der Waals surface area contributed by atoms with Crippen LogP contribution in [0.3, 0.4) is 0 Å². The van der Waals surface area contributed by atoms with E-state index in [0.29, 0.717) is 35.9 Å². The molecular weight excluding hydrogens is 547 g/mol. The summed E-state index contributed by atoms with van der Waals surface area (Å²) in [6.45, 7) is 4.71. The minimum absolute atomic E-state index is 0.156. The number of fused-ring (bicyclic) bond motifs is 1. The fourth-order valence-corrected chi connectivity index (χ4v) is 4.29. The van der Waals surface area contributed by atoms with Gasteiger partial charge in [0.2, 0.25) is 0 Å². The number of pyridine rings is 1. The Labute approximate surface area is 174 Å². The number of amides is 1. The molecule has 27 heavy (non-hydrogen) atoms. The van der Waals surface area contributed by atoms with Gasteiger partial charge in [0.25, 0.3) is 0 Å². The molecule has 0 spiro atoms. The molecule has 3 heterocycles. The van der Waals surface area contributed by atoms with Crippen LogP contribution in [-0.2, 0) is 21.3 Å². The Balaban J connectivity index is 0.00000126. The van der Waals surface area contributed by atoms with Crippen molar-refractivity contribution in [2.45, 2.75) is 32.2 Å². The minimum atomic E-state index is -0.946. The van der Waals surface area contributed by atoms with Crippen molar-refractivity contribution in [2.75, 3.05) is 24.4 Å². The first kappa shape index (κ1) is 21.7. The fourth-order valence-electron chi connectivity index (χ4n) is 3.81. The molecule has 1 aromatic heterocycles. The van der Waals surface area contributed by atoms with Crippen molar-refractivity contribution in [3.63, 3.8) is 0 Å². The zero-order valence-electron chi connectivity index (χ0n) is 16.1. The second kappa shape index (κ2) is 8.61. The van der Waals surface area contributed by atoms with E-state index in [1.54, 1.807) is 19.3 Å². The SMILES string of the molecule is CC.COC(=O)C12CC(COc3ccn(C)c(=O)c3)(CN1C(=O)O[CH2][Pb])C2. The molecule has 147 valence electrons. The van der Waals surface area contributed by atoms with E-state index in [1.165, 1.54) is 22.6 Å². The molecule has 3 aliphatic rings. The van der Waals surface area contributed by atoms with Crippen molar-refractivity contribution in [3.8, 4) is 5.75 Å². The van der Waals surface area contributed by atoms with Crippen LogP contribution < -0.4 is 10.3 Å². The third-order valence-corrected chi connectivity index (χ3v) is 5.51. The summed E-state index contributed by atoms with van der Waals surface area (Å²) >= 11 is 0.737. The summed E-state index contributed by atoms with van der Waals surface area (Å²) in [5.41, 5.74) is -1.42. The van der Waals surface area contributed by atoms with Crippen molar-refractivity contribution in [1.29, 1.82) is 0 Å². The zero-order valence-corrected chi connectivity index (χ0v) is 20.0. The van der Waals surface area contributed by atoms with Crippen LogP contribution in [0.1, 0.15) is 26.7 Å². The number of esters is 1. The van der Waals surface area contributed by atoms with Gasteiger partial charge >= 0.3 is 154 Å². The second-order valence-corrected chi connectivity index (χ2v) is 7.74. The van der Waals surface area contributed by atoms with Crippen molar-refractivity contribution in [3.05, 3.63) is 28.7 Å². The third-order valence-electron chi connectivity index (χ3n) is 4.95. The average Bonchev–Trinajstić information content (AvgIpc) is 3.16. The summed E-state index contributed by atoms with van der Waals surface area (Å²) in [6, 6.07) is 3.14. The van der Waals surface area contributed by atoms with Gasteiger partial charge < -0.3 is 0 Å². The summed E-state index contributed by atoms with van der Waals surface area (Å²) in [6.07, 6.45) is 2.12. The molecule has 8 nitrogen and oxygen atoms in total. The predicted octanol–water partition coefficient (Wildman–Crippen LogP) is 1.06. The van der Waals surface area contributed by atoms with Crippen LogP contribution in [0, 0.1) is 5.41 Å². The van der Waals surface area contributed by atoms with Crippen molar-refractivity contribution in [1.82, 2.24) is 9.47 Å². The third kappa shape index (κ3) is 3.99. The van der Waals surface area contributed by atoms with Gasteiger partial charge in [-0.3, -0.25) is 0 Å². The van der Waals surface area contributed by atoms with Crippen LogP contribution in [0.2, 0.25) is 0 Å². The van der Waals surface area contributed by atoms with Gasteiger partial charge in [-0.2, -0.15) is 0 Å².